The minimum atomic E-state index is -2.73. The van der Waals surface area contributed by atoms with Gasteiger partial charge in [-0.1, -0.05) is 12.0 Å². The Morgan fingerprint density at radius 3 is 2.55 bits per heavy atom. The molecule has 0 aliphatic carbocycles. The maximum Gasteiger partial charge on any atom is 0.229 e. The molecule has 0 saturated heterocycles. The van der Waals surface area contributed by atoms with Crippen LogP contribution in [0.1, 0.15) is 5.56 Å². The van der Waals surface area contributed by atoms with E-state index >= 15 is 0 Å². The minimum absolute atomic E-state index is 0.0398. The van der Waals surface area contributed by atoms with Gasteiger partial charge >= 0.3 is 0 Å². The van der Waals surface area contributed by atoms with Crippen LogP contribution in [-0.2, 0) is 10.7 Å². The normalized spacial score (nSPS) is 10.4. The molecule has 2 N–H and O–H groups in total. The van der Waals surface area contributed by atoms with Crippen LogP contribution in [0.25, 0.3) is 0 Å². The van der Waals surface area contributed by atoms with Gasteiger partial charge < -0.3 is 15.4 Å². The molecule has 9 heteroatoms. The number of hydrogen-bond acceptors (Lipinski definition) is 7. The molecule has 2 aromatic carbocycles. The third-order valence-corrected chi connectivity index (χ3v) is 4.72. The van der Waals surface area contributed by atoms with Gasteiger partial charge in [0.1, 0.15) is 12.4 Å². The van der Waals surface area contributed by atoms with Crippen LogP contribution in [0.5, 0.6) is 5.75 Å². The Morgan fingerprint density at radius 2 is 1.86 bits per heavy atom. The number of ether oxygens (including phenoxy) is 1. The molecule has 0 amide bonds. The highest BCUT2D eigenvalue weighted by atomic mass is 32.2. The van der Waals surface area contributed by atoms with Gasteiger partial charge in [0, 0.05) is 11.4 Å². The molecule has 0 aliphatic rings. The molecule has 0 radical (unpaired) electrons. The number of halogens is 1. The standard InChI is InChI=1S/C20H17FN4O3S/c1-3-10-28-16-8-6-14(7-9-16)23-19-17(21)12-22-20(25-19)24-15-5-4-13(2)18(11-15)29(26)27/h1,4-9,11-12,29H,10H2,2H3,(H2,22,23,24,25). The zero-order valence-corrected chi connectivity index (χ0v) is 16.2. The first-order valence-corrected chi connectivity index (χ1v) is 9.62. The number of nitrogens with zero attached hydrogens (tertiary/aromatic N) is 2. The largest absolute Gasteiger partial charge is 0.481 e. The molecule has 29 heavy (non-hydrogen) atoms. The summed E-state index contributed by atoms with van der Waals surface area (Å²) in [5, 5.41) is 5.74. The summed E-state index contributed by atoms with van der Waals surface area (Å²) in [7, 11) is -2.73. The SMILES string of the molecule is C#CCOc1ccc(Nc2nc(Nc3ccc(C)c([SH](=O)=O)c3)ncc2F)cc1. The number of hydrogen-bond donors (Lipinski definition) is 3. The van der Waals surface area contributed by atoms with Crippen molar-refractivity contribution in [3.05, 3.63) is 60.0 Å². The first-order valence-electron chi connectivity index (χ1n) is 8.44. The van der Waals surface area contributed by atoms with E-state index in [1.165, 1.54) is 6.07 Å². The second-order valence-electron chi connectivity index (χ2n) is 5.92. The molecule has 148 valence electrons. The third kappa shape index (κ3) is 5.21. The summed E-state index contributed by atoms with van der Waals surface area (Å²) >= 11 is 0. The topological polar surface area (TPSA) is 93.2 Å². The number of benzene rings is 2. The Morgan fingerprint density at radius 1 is 1.14 bits per heavy atom. The van der Waals surface area contributed by atoms with Gasteiger partial charge in [-0.3, -0.25) is 0 Å². The van der Waals surface area contributed by atoms with Crippen LogP contribution in [0.3, 0.4) is 0 Å². The molecule has 1 aromatic heterocycles. The Labute approximate surface area is 168 Å². The highest BCUT2D eigenvalue weighted by Gasteiger charge is 2.09. The van der Waals surface area contributed by atoms with E-state index < -0.39 is 16.5 Å². The predicted molar refractivity (Wildman–Crippen MR) is 109 cm³/mol. The van der Waals surface area contributed by atoms with Crippen LogP contribution in [-0.4, -0.2) is 25.0 Å². The molecule has 0 saturated carbocycles. The third-order valence-electron chi connectivity index (χ3n) is 3.85. The van der Waals surface area contributed by atoms with Crippen molar-refractivity contribution < 1.29 is 17.5 Å². The Bertz CT molecular complexity index is 1130. The van der Waals surface area contributed by atoms with E-state index in [4.69, 9.17) is 11.2 Å². The fourth-order valence-electron chi connectivity index (χ4n) is 2.42. The van der Waals surface area contributed by atoms with Crippen LogP contribution >= 0.6 is 0 Å². The molecule has 1 heterocycles. The Kier molecular flexibility index (Phi) is 6.26. The number of thiol groups is 1. The highest BCUT2D eigenvalue weighted by molar-refractivity contribution is 7.72. The molecule has 0 spiro atoms. The van der Waals surface area contributed by atoms with Crippen LogP contribution < -0.4 is 15.4 Å². The lowest BCUT2D eigenvalue weighted by atomic mass is 10.2. The lowest BCUT2D eigenvalue weighted by molar-refractivity contribution is 0.370. The summed E-state index contributed by atoms with van der Waals surface area (Å²) in [6, 6.07) is 11.6. The van der Waals surface area contributed by atoms with Gasteiger partial charge in [0.2, 0.25) is 5.95 Å². The van der Waals surface area contributed by atoms with Crippen molar-refractivity contribution in [3.63, 3.8) is 0 Å². The summed E-state index contributed by atoms with van der Waals surface area (Å²) in [6.07, 6.45) is 6.16. The van der Waals surface area contributed by atoms with E-state index in [0.717, 1.165) is 6.20 Å². The first-order chi connectivity index (χ1) is 14.0. The highest BCUT2D eigenvalue weighted by Crippen LogP contribution is 2.23. The van der Waals surface area contributed by atoms with Crippen molar-refractivity contribution in [1.29, 1.82) is 0 Å². The van der Waals surface area contributed by atoms with Gasteiger partial charge in [0.15, 0.2) is 22.3 Å². The summed E-state index contributed by atoms with van der Waals surface area (Å²) in [6.45, 7) is 1.85. The predicted octanol–water partition coefficient (Wildman–Crippen LogP) is 3.39. The second kappa shape index (κ2) is 9.03. The molecule has 3 aromatic rings. The quantitative estimate of drug-likeness (QED) is 0.405. The van der Waals surface area contributed by atoms with Gasteiger partial charge in [-0.05, 0) is 48.9 Å². The molecule has 0 aliphatic heterocycles. The van der Waals surface area contributed by atoms with Crippen molar-refractivity contribution in [2.45, 2.75) is 11.8 Å². The molecule has 3 rings (SSSR count). The number of rotatable bonds is 7. The monoisotopic (exact) mass is 412 g/mol. The summed E-state index contributed by atoms with van der Waals surface area (Å²) in [4.78, 5) is 8.20. The Hall–Kier alpha value is -3.64. The maximum atomic E-state index is 14.1. The van der Waals surface area contributed by atoms with Crippen LogP contribution in [0, 0.1) is 25.1 Å². The maximum absolute atomic E-state index is 14.1. The van der Waals surface area contributed by atoms with Gasteiger partial charge in [-0.2, -0.15) is 4.98 Å². The van der Waals surface area contributed by atoms with Gasteiger partial charge in [0.25, 0.3) is 0 Å². The number of terminal acetylenes is 1. The van der Waals surface area contributed by atoms with Crippen LogP contribution in [0.4, 0.5) is 27.5 Å². The van der Waals surface area contributed by atoms with E-state index in [1.807, 2.05) is 0 Å². The van der Waals surface area contributed by atoms with E-state index in [-0.39, 0.29) is 23.3 Å². The summed E-state index contributed by atoms with van der Waals surface area (Å²) in [5.41, 5.74) is 1.68. The fourth-order valence-corrected chi connectivity index (χ4v) is 3.03. The molecular formula is C20H17FN4O3S. The Balaban J connectivity index is 1.78. The number of aryl methyl sites for hydroxylation is 1. The number of nitrogens with one attached hydrogen (secondary N) is 2. The van der Waals surface area contributed by atoms with E-state index in [1.54, 1.807) is 43.3 Å². The summed E-state index contributed by atoms with van der Waals surface area (Å²) in [5.74, 6) is 2.39. The van der Waals surface area contributed by atoms with Crippen molar-refractivity contribution >= 4 is 33.8 Å². The number of anilines is 4. The smallest absolute Gasteiger partial charge is 0.229 e. The molecule has 0 bridgehead atoms. The molecule has 0 unspecified atom stereocenters. The lowest BCUT2D eigenvalue weighted by Gasteiger charge is -2.11. The van der Waals surface area contributed by atoms with E-state index in [0.29, 0.717) is 22.7 Å². The average molecular weight is 412 g/mol. The first kappa shape index (κ1) is 20.1. The van der Waals surface area contributed by atoms with Gasteiger partial charge in [-0.15, -0.1) is 6.42 Å². The molecule has 0 fully saturated rings. The molecular weight excluding hydrogens is 395 g/mol. The second-order valence-corrected chi connectivity index (χ2v) is 6.91. The zero-order valence-electron chi connectivity index (χ0n) is 15.3. The molecule has 7 nitrogen and oxygen atoms in total. The van der Waals surface area contributed by atoms with Gasteiger partial charge in [0.05, 0.1) is 11.1 Å². The van der Waals surface area contributed by atoms with Crippen molar-refractivity contribution in [3.8, 4) is 18.1 Å². The van der Waals surface area contributed by atoms with Crippen molar-refractivity contribution in [2.75, 3.05) is 17.2 Å². The summed E-state index contributed by atoms with van der Waals surface area (Å²) < 4.78 is 42.0. The fraction of sp³-hybridized carbons (Fsp3) is 0.100. The zero-order chi connectivity index (χ0) is 20.8. The van der Waals surface area contributed by atoms with Crippen molar-refractivity contribution in [1.82, 2.24) is 9.97 Å². The number of aromatic nitrogens is 2. The van der Waals surface area contributed by atoms with E-state index in [9.17, 15) is 12.8 Å². The van der Waals surface area contributed by atoms with E-state index in [2.05, 4.69) is 26.5 Å². The average Bonchev–Trinajstić information content (AvgIpc) is 2.71. The minimum Gasteiger partial charge on any atom is -0.481 e. The lowest BCUT2D eigenvalue weighted by Crippen LogP contribution is -2.04. The molecule has 0 atom stereocenters. The van der Waals surface area contributed by atoms with Gasteiger partial charge in [-0.25, -0.2) is 17.8 Å². The van der Waals surface area contributed by atoms with Crippen LogP contribution in [0.15, 0.2) is 53.6 Å². The van der Waals surface area contributed by atoms with Crippen LogP contribution in [0.2, 0.25) is 0 Å². The van der Waals surface area contributed by atoms with Crippen molar-refractivity contribution in [2.24, 2.45) is 0 Å².